The van der Waals surface area contributed by atoms with Crippen LogP contribution in [-0.4, -0.2) is 42.2 Å². The van der Waals surface area contributed by atoms with E-state index in [-0.39, 0.29) is 49.5 Å². The minimum Gasteiger partial charge on any atom is -0.493 e. The zero-order valence-electron chi connectivity index (χ0n) is 59.8. The van der Waals surface area contributed by atoms with E-state index in [1.54, 1.807) is 0 Å². The second kappa shape index (κ2) is 32.2. The van der Waals surface area contributed by atoms with Crippen LogP contribution in [0.3, 0.4) is 0 Å². The van der Waals surface area contributed by atoms with Crippen LogP contribution in [0, 0.1) is 21.7 Å². The largest absolute Gasteiger partial charge is 0.493 e. The summed E-state index contributed by atoms with van der Waals surface area (Å²) in [4.78, 5) is 0. The molecule has 0 aliphatic heterocycles. The lowest BCUT2D eigenvalue weighted by Gasteiger charge is -2.23. The van der Waals surface area contributed by atoms with E-state index in [0.717, 1.165) is 60.1 Å². The monoisotopic (exact) mass is 1170 g/mol. The molecule has 85 heavy (non-hydrogen) atoms. The fourth-order valence-corrected chi connectivity index (χ4v) is 6.83. The lowest BCUT2D eigenvalue weighted by atomic mass is 9.87. The van der Waals surface area contributed by atoms with Gasteiger partial charge in [-0.2, -0.15) is 0 Å². The summed E-state index contributed by atoms with van der Waals surface area (Å²) < 4.78 is 40.2. The fraction of sp³-hybridized carbons (Fsp3) is 0.564. The van der Waals surface area contributed by atoms with Gasteiger partial charge in [0.05, 0.1) is 19.8 Å². The number of ether oxygens (including phenoxy) is 7. The Kier molecular flexibility index (Phi) is 29.3. The van der Waals surface area contributed by atoms with Crippen LogP contribution in [0.2, 0.25) is 0 Å². The van der Waals surface area contributed by atoms with Crippen molar-refractivity contribution >= 4 is 10.8 Å². The van der Waals surface area contributed by atoms with Crippen LogP contribution in [0.15, 0.2) is 140 Å². The average molecular weight is 1170 g/mol. The topological polar surface area (TPSA) is 64.6 Å². The molecule has 0 unspecified atom stereocenters. The van der Waals surface area contributed by atoms with Gasteiger partial charge >= 0.3 is 0 Å². The molecular weight excluding hydrogens is 1050 g/mol. The Morgan fingerprint density at radius 2 is 0.447 bits per heavy atom. The Hall–Kier alpha value is -5.82. The summed E-state index contributed by atoms with van der Waals surface area (Å²) in [5.74, 6) is 6.36. The van der Waals surface area contributed by atoms with Gasteiger partial charge in [0.25, 0.3) is 0 Å². The van der Waals surface area contributed by atoms with Crippen LogP contribution in [0.4, 0.5) is 0 Å². The predicted octanol–water partition coefficient (Wildman–Crippen LogP) is 23.2. The molecule has 0 amide bonds. The van der Waals surface area contributed by atoms with Crippen molar-refractivity contribution in [3.05, 3.63) is 151 Å². The molecule has 0 saturated heterocycles. The van der Waals surface area contributed by atoms with E-state index in [1.807, 2.05) is 120 Å². The van der Waals surface area contributed by atoms with Crippen molar-refractivity contribution in [2.45, 2.75) is 248 Å². The highest BCUT2D eigenvalue weighted by molar-refractivity contribution is 5.83. The van der Waals surface area contributed by atoms with E-state index in [2.05, 4.69) is 234 Å². The molecule has 6 aromatic carbocycles. The van der Waals surface area contributed by atoms with E-state index in [4.69, 9.17) is 33.2 Å². The summed E-state index contributed by atoms with van der Waals surface area (Å²) in [6.07, 6.45) is 0. The van der Waals surface area contributed by atoms with Gasteiger partial charge in [-0.25, -0.2) is 0 Å². The van der Waals surface area contributed by atoms with Crippen molar-refractivity contribution in [2.75, 3.05) is 19.8 Å². The van der Waals surface area contributed by atoms with Gasteiger partial charge in [-0.1, -0.05) is 186 Å². The van der Waals surface area contributed by atoms with Crippen molar-refractivity contribution in [1.29, 1.82) is 0 Å². The Balaban J connectivity index is 0.000000521. The number of hydrogen-bond acceptors (Lipinski definition) is 7. The molecule has 0 saturated carbocycles. The Bertz CT molecular complexity index is 2670. The van der Waals surface area contributed by atoms with Gasteiger partial charge in [-0.15, -0.1) is 0 Å². The first-order chi connectivity index (χ1) is 38.2. The maximum Gasteiger partial charge on any atom is 0.120 e. The molecule has 0 fully saturated rings. The zero-order valence-corrected chi connectivity index (χ0v) is 59.8. The molecule has 0 aliphatic rings. The zero-order chi connectivity index (χ0) is 65.7. The Morgan fingerprint density at radius 3 is 0.694 bits per heavy atom. The van der Waals surface area contributed by atoms with Crippen molar-refractivity contribution in [1.82, 2.24) is 0 Å². The number of rotatable bonds is 10. The average Bonchev–Trinajstić information content (AvgIpc) is 3.37. The highest BCUT2D eigenvalue weighted by Gasteiger charge is 2.19. The Morgan fingerprint density at radius 1 is 0.235 bits per heavy atom. The molecule has 0 aliphatic carbocycles. The highest BCUT2D eigenvalue weighted by atomic mass is 16.5. The van der Waals surface area contributed by atoms with Crippen molar-refractivity contribution in [3.8, 4) is 40.2 Å². The second-order valence-corrected chi connectivity index (χ2v) is 33.4. The summed E-state index contributed by atoms with van der Waals surface area (Å²) in [5, 5.41) is 2.47. The van der Waals surface area contributed by atoms with Gasteiger partial charge in [-0.3, -0.25) is 0 Å². The Labute approximate surface area is 521 Å². The van der Waals surface area contributed by atoms with Gasteiger partial charge in [-0.05, 0) is 222 Å². The van der Waals surface area contributed by atoms with Gasteiger partial charge in [0.1, 0.15) is 62.7 Å². The van der Waals surface area contributed by atoms with Crippen LogP contribution in [-0.2, 0) is 10.8 Å². The smallest absolute Gasteiger partial charge is 0.120 e. The highest BCUT2D eigenvalue weighted by Crippen LogP contribution is 2.30. The summed E-state index contributed by atoms with van der Waals surface area (Å²) in [7, 11) is 0. The molecule has 0 spiro atoms. The maximum absolute atomic E-state index is 5.81. The summed E-state index contributed by atoms with van der Waals surface area (Å²) >= 11 is 0. The second-order valence-electron chi connectivity index (χ2n) is 33.4. The molecule has 7 heteroatoms. The minimum absolute atomic E-state index is 0.122. The molecule has 7 nitrogen and oxygen atoms in total. The molecule has 0 N–H and O–H groups in total. The predicted molar refractivity (Wildman–Crippen MR) is 369 cm³/mol. The summed E-state index contributed by atoms with van der Waals surface area (Å²) in [6, 6.07) is 46.9. The molecule has 0 heterocycles. The van der Waals surface area contributed by atoms with Crippen molar-refractivity contribution in [3.63, 3.8) is 0 Å². The lowest BCUT2D eigenvalue weighted by molar-refractivity contribution is 0.125. The van der Waals surface area contributed by atoms with Gasteiger partial charge in [0, 0.05) is 0 Å². The third-order valence-electron chi connectivity index (χ3n) is 10.5. The normalized spacial score (nSPS) is 12.3. The van der Waals surface area contributed by atoms with Crippen LogP contribution < -0.4 is 33.2 Å². The summed E-state index contributed by atoms with van der Waals surface area (Å²) in [6.45, 7) is 68.3. The third kappa shape index (κ3) is 41.8. The van der Waals surface area contributed by atoms with E-state index in [9.17, 15) is 0 Å². The third-order valence-corrected chi connectivity index (χ3v) is 10.5. The lowest BCUT2D eigenvalue weighted by Crippen LogP contribution is -2.23. The van der Waals surface area contributed by atoms with Crippen LogP contribution in [0.1, 0.15) is 226 Å². The fourth-order valence-electron chi connectivity index (χ4n) is 6.83. The SMILES string of the molecule is CC(C)(C)C.CC(C)(C)COc1ccc(C(C)(C)C)cc1.CC(C)(C)COc1ccc(OCC(C)(C)C)cc1.CC(C)(C)Oc1ccc(C(C)(C)C)cc1.CC(C)(C)Oc1ccc(OC(C)(C)C)cc1.CC(C)(C)Oc1ccc2ccccc2c1. The van der Waals surface area contributed by atoms with E-state index in [1.165, 1.54) is 21.9 Å². The van der Waals surface area contributed by atoms with Crippen molar-refractivity contribution < 1.29 is 33.2 Å². The first-order valence-corrected chi connectivity index (χ1v) is 30.8. The number of hydrogen-bond donors (Lipinski definition) is 0. The molecule has 0 radical (unpaired) electrons. The van der Waals surface area contributed by atoms with Crippen LogP contribution >= 0.6 is 0 Å². The summed E-state index contributed by atoms with van der Waals surface area (Å²) in [5.41, 5.74) is 3.60. The van der Waals surface area contributed by atoms with Gasteiger partial charge in [0.15, 0.2) is 0 Å². The molecule has 6 rings (SSSR count). The molecule has 0 bridgehead atoms. The molecule has 0 atom stereocenters. The maximum atomic E-state index is 5.81. The van der Waals surface area contributed by atoms with Gasteiger partial charge in [0.2, 0.25) is 0 Å². The first-order valence-electron chi connectivity index (χ1n) is 30.8. The van der Waals surface area contributed by atoms with E-state index >= 15 is 0 Å². The minimum atomic E-state index is -0.160. The molecular formula is C78H122O7. The standard InChI is InChI=1S/C16H26O2.C15H24O.C14H22O2.C14H16O.C14H22O.C5H12/c1-15(2,3)11-17-13-7-9-14(10-8-13)18-12-16(4,5)6;1-14(2,3)11-16-13-9-7-12(8-10-13)15(4,5)6;1-13(2,3)15-11-7-9-12(10-8-11)16-14(4,5)6;1-14(2,3)15-13-9-8-11-6-4-5-7-12(11)10-13;1-13(2,3)11-7-9-12(10-8-11)15-14(4,5)6;1-5(2,3)4/h7-10H,11-12H2,1-6H3;7-10H,11H2,1-6H3;7-10H,1-6H3;4-10H,1-3H3;7-10H,1-6H3;1-4H3. The van der Waals surface area contributed by atoms with E-state index < -0.39 is 0 Å². The van der Waals surface area contributed by atoms with E-state index in [0.29, 0.717) is 5.41 Å². The number of benzene rings is 6. The molecule has 0 aromatic heterocycles. The van der Waals surface area contributed by atoms with Crippen LogP contribution in [0.25, 0.3) is 10.8 Å². The molecule has 6 aromatic rings. The van der Waals surface area contributed by atoms with Gasteiger partial charge < -0.3 is 33.2 Å². The van der Waals surface area contributed by atoms with Crippen molar-refractivity contribution in [2.24, 2.45) is 21.7 Å². The first kappa shape index (κ1) is 77.2. The number of fused-ring (bicyclic) bond motifs is 1. The van der Waals surface area contributed by atoms with Crippen LogP contribution in [0.5, 0.6) is 40.2 Å². The quantitative estimate of drug-likeness (QED) is 0.135. The molecule has 476 valence electrons.